The SMILES string of the molecule is CCNC(=NCC1CCS(=O)(=O)C1)NC1CC1C. The Bertz CT molecular complexity index is 419. The van der Waals surface area contributed by atoms with Gasteiger partial charge in [-0.05, 0) is 31.6 Å². The highest BCUT2D eigenvalue weighted by atomic mass is 32.2. The van der Waals surface area contributed by atoms with Crippen molar-refractivity contribution >= 4 is 15.8 Å². The molecule has 2 N–H and O–H groups in total. The summed E-state index contributed by atoms with van der Waals surface area (Å²) in [5.41, 5.74) is 0. The predicted molar refractivity (Wildman–Crippen MR) is 73.4 cm³/mol. The van der Waals surface area contributed by atoms with Crippen molar-refractivity contribution in [3.8, 4) is 0 Å². The Morgan fingerprint density at radius 1 is 1.44 bits per heavy atom. The van der Waals surface area contributed by atoms with Crippen LogP contribution in [0.2, 0.25) is 0 Å². The van der Waals surface area contributed by atoms with E-state index in [2.05, 4.69) is 22.5 Å². The molecule has 5 nitrogen and oxygen atoms in total. The normalized spacial score (nSPS) is 34.3. The molecule has 1 heterocycles. The molecule has 0 bridgehead atoms. The van der Waals surface area contributed by atoms with Crippen molar-refractivity contribution in [2.75, 3.05) is 24.6 Å². The molecule has 6 heteroatoms. The van der Waals surface area contributed by atoms with Crippen molar-refractivity contribution in [1.82, 2.24) is 10.6 Å². The Balaban J connectivity index is 1.84. The molecular weight excluding hydrogens is 250 g/mol. The van der Waals surface area contributed by atoms with Gasteiger partial charge < -0.3 is 10.6 Å². The van der Waals surface area contributed by atoms with Crippen molar-refractivity contribution in [3.05, 3.63) is 0 Å². The van der Waals surface area contributed by atoms with Crippen LogP contribution in [0, 0.1) is 11.8 Å². The smallest absolute Gasteiger partial charge is 0.191 e. The van der Waals surface area contributed by atoms with Crippen LogP contribution in [0.4, 0.5) is 0 Å². The van der Waals surface area contributed by atoms with Crippen LogP contribution in [0.5, 0.6) is 0 Å². The Hall–Kier alpha value is -0.780. The number of guanidine groups is 1. The van der Waals surface area contributed by atoms with Crippen LogP contribution in [-0.4, -0.2) is 45.0 Å². The standard InChI is InChI=1S/C12H23N3O2S/c1-3-13-12(15-11-6-9(11)2)14-7-10-4-5-18(16,17)8-10/h9-11H,3-8H2,1-2H3,(H2,13,14,15). The molecule has 2 rings (SSSR count). The van der Waals surface area contributed by atoms with Crippen LogP contribution < -0.4 is 10.6 Å². The minimum absolute atomic E-state index is 0.196. The fourth-order valence-corrected chi connectivity index (χ4v) is 4.10. The molecule has 2 fully saturated rings. The highest BCUT2D eigenvalue weighted by Gasteiger charge is 2.33. The molecule has 3 unspecified atom stereocenters. The van der Waals surface area contributed by atoms with Gasteiger partial charge in [0.25, 0.3) is 0 Å². The Kier molecular flexibility index (Phi) is 4.14. The summed E-state index contributed by atoms with van der Waals surface area (Å²) in [4.78, 5) is 4.51. The first-order valence-corrected chi connectivity index (χ1v) is 8.57. The quantitative estimate of drug-likeness (QED) is 0.574. The molecule has 1 saturated carbocycles. The summed E-state index contributed by atoms with van der Waals surface area (Å²) in [6.45, 7) is 5.68. The highest BCUT2D eigenvalue weighted by Crippen LogP contribution is 2.28. The van der Waals surface area contributed by atoms with Gasteiger partial charge in [-0.15, -0.1) is 0 Å². The maximum Gasteiger partial charge on any atom is 0.191 e. The lowest BCUT2D eigenvalue weighted by atomic mass is 10.1. The van der Waals surface area contributed by atoms with Crippen molar-refractivity contribution in [2.24, 2.45) is 16.8 Å². The maximum atomic E-state index is 11.4. The second kappa shape index (κ2) is 5.47. The van der Waals surface area contributed by atoms with E-state index in [1.165, 1.54) is 6.42 Å². The molecule has 0 radical (unpaired) electrons. The number of sulfone groups is 1. The van der Waals surface area contributed by atoms with Gasteiger partial charge >= 0.3 is 0 Å². The van der Waals surface area contributed by atoms with Crippen LogP contribution in [0.3, 0.4) is 0 Å². The second-order valence-electron chi connectivity index (χ2n) is 5.45. The van der Waals surface area contributed by atoms with Gasteiger partial charge in [0.2, 0.25) is 0 Å². The molecule has 0 aromatic heterocycles. The van der Waals surface area contributed by atoms with E-state index in [1.807, 2.05) is 6.92 Å². The number of nitrogens with zero attached hydrogens (tertiary/aromatic N) is 1. The third-order valence-electron chi connectivity index (χ3n) is 3.61. The molecule has 0 amide bonds. The highest BCUT2D eigenvalue weighted by molar-refractivity contribution is 7.91. The van der Waals surface area contributed by atoms with Crippen LogP contribution in [-0.2, 0) is 9.84 Å². The van der Waals surface area contributed by atoms with Crippen molar-refractivity contribution in [1.29, 1.82) is 0 Å². The number of rotatable bonds is 4. The van der Waals surface area contributed by atoms with Crippen molar-refractivity contribution in [3.63, 3.8) is 0 Å². The summed E-state index contributed by atoms with van der Waals surface area (Å²) in [7, 11) is -2.79. The number of aliphatic imine (C=N–C) groups is 1. The van der Waals surface area contributed by atoms with E-state index in [1.54, 1.807) is 0 Å². The minimum Gasteiger partial charge on any atom is -0.357 e. The Morgan fingerprint density at radius 2 is 2.17 bits per heavy atom. The lowest BCUT2D eigenvalue weighted by Gasteiger charge is -2.12. The summed E-state index contributed by atoms with van der Waals surface area (Å²) in [5, 5.41) is 6.58. The number of hydrogen-bond donors (Lipinski definition) is 2. The van der Waals surface area contributed by atoms with E-state index < -0.39 is 9.84 Å². The van der Waals surface area contributed by atoms with E-state index in [0.717, 1.165) is 24.8 Å². The van der Waals surface area contributed by atoms with E-state index in [9.17, 15) is 8.42 Å². The molecular formula is C12H23N3O2S. The molecule has 0 aromatic carbocycles. The van der Waals surface area contributed by atoms with E-state index >= 15 is 0 Å². The summed E-state index contributed by atoms with van der Waals surface area (Å²) >= 11 is 0. The van der Waals surface area contributed by atoms with Gasteiger partial charge in [-0.2, -0.15) is 0 Å². The van der Waals surface area contributed by atoms with E-state index in [-0.39, 0.29) is 5.92 Å². The van der Waals surface area contributed by atoms with Crippen molar-refractivity contribution in [2.45, 2.75) is 32.7 Å². The largest absolute Gasteiger partial charge is 0.357 e. The first-order chi connectivity index (χ1) is 8.50. The molecule has 1 aliphatic carbocycles. The van der Waals surface area contributed by atoms with Crippen LogP contribution >= 0.6 is 0 Å². The third-order valence-corrected chi connectivity index (χ3v) is 5.45. The Labute approximate surface area is 109 Å². The molecule has 18 heavy (non-hydrogen) atoms. The zero-order valence-electron chi connectivity index (χ0n) is 11.1. The van der Waals surface area contributed by atoms with Gasteiger partial charge in [0, 0.05) is 19.1 Å². The molecule has 1 aliphatic heterocycles. The molecule has 3 atom stereocenters. The summed E-state index contributed by atoms with van der Waals surface area (Å²) in [5.74, 6) is 2.38. The molecule has 104 valence electrons. The maximum absolute atomic E-state index is 11.4. The monoisotopic (exact) mass is 273 g/mol. The third kappa shape index (κ3) is 3.86. The fraction of sp³-hybridized carbons (Fsp3) is 0.917. The zero-order valence-corrected chi connectivity index (χ0v) is 12.0. The zero-order chi connectivity index (χ0) is 13.2. The average molecular weight is 273 g/mol. The van der Waals surface area contributed by atoms with Crippen LogP contribution in [0.15, 0.2) is 4.99 Å². The Morgan fingerprint density at radius 3 is 2.67 bits per heavy atom. The summed E-state index contributed by atoms with van der Waals surface area (Å²) < 4.78 is 22.7. The lowest BCUT2D eigenvalue weighted by molar-refractivity contribution is 0.589. The second-order valence-corrected chi connectivity index (χ2v) is 7.68. The van der Waals surface area contributed by atoms with Gasteiger partial charge in [-0.3, -0.25) is 4.99 Å². The van der Waals surface area contributed by atoms with Gasteiger partial charge in [0.1, 0.15) is 0 Å². The molecule has 0 aromatic rings. The number of nitrogens with one attached hydrogen (secondary N) is 2. The van der Waals surface area contributed by atoms with E-state index in [0.29, 0.717) is 24.1 Å². The minimum atomic E-state index is -2.79. The van der Waals surface area contributed by atoms with Gasteiger partial charge in [0.05, 0.1) is 11.5 Å². The first kappa shape index (κ1) is 13.6. The average Bonchev–Trinajstić information content (AvgIpc) is 2.85. The predicted octanol–water partition coefficient (Wildman–Crippen LogP) is 0.385. The fourth-order valence-electron chi connectivity index (χ4n) is 2.26. The summed E-state index contributed by atoms with van der Waals surface area (Å²) in [6, 6.07) is 0.537. The van der Waals surface area contributed by atoms with Crippen LogP contribution in [0.25, 0.3) is 0 Å². The summed E-state index contributed by atoms with van der Waals surface area (Å²) in [6.07, 6.45) is 1.95. The van der Waals surface area contributed by atoms with Crippen LogP contribution in [0.1, 0.15) is 26.7 Å². The topological polar surface area (TPSA) is 70.6 Å². The van der Waals surface area contributed by atoms with Gasteiger partial charge in [0.15, 0.2) is 15.8 Å². The van der Waals surface area contributed by atoms with Crippen molar-refractivity contribution < 1.29 is 8.42 Å². The molecule has 0 spiro atoms. The van der Waals surface area contributed by atoms with Gasteiger partial charge in [-0.25, -0.2) is 8.42 Å². The number of hydrogen-bond acceptors (Lipinski definition) is 3. The first-order valence-electron chi connectivity index (χ1n) is 6.75. The molecule has 1 saturated heterocycles. The lowest BCUT2D eigenvalue weighted by Crippen LogP contribution is -2.39. The molecule has 2 aliphatic rings. The van der Waals surface area contributed by atoms with Gasteiger partial charge in [-0.1, -0.05) is 6.92 Å². The van der Waals surface area contributed by atoms with E-state index in [4.69, 9.17) is 0 Å².